The van der Waals surface area contributed by atoms with Gasteiger partial charge in [-0.1, -0.05) is 6.92 Å². The predicted molar refractivity (Wildman–Crippen MR) is 66.4 cm³/mol. The maximum atomic E-state index is 11.9. The van der Waals surface area contributed by atoms with Crippen LogP contribution in [0.15, 0.2) is 0 Å². The van der Waals surface area contributed by atoms with E-state index in [1.54, 1.807) is 12.0 Å². The summed E-state index contributed by atoms with van der Waals surface area (Å²) in [7, 11) is 1.62. The number of ether oxygens (including phenoxy) is 1. The summed E-state index contributed by atoms with van der Waals surface area (Å²) in [4.78, 5) is 24.2. The highest BCUT2D eigenvalue weighted by molar-refractivity contribution is 5.77. The molecule has 1 aliphatic rings. The summed E-state index contributed by atoms with van der Waals surface area (Å²) in [6, 6.07) is -0.213. The molecule has 18 heavy (non-hydrogen) atoms. The fourth-order valence-corrected chi connectivity index (χ4v) is 1.86. The number of hydrogen-bond donors (Lipinski definition) is 2. The molecule has 6 nitrogen and oxygen atoms in total. The Morgan fingerprint density at radius 1 is 1.56 bits per heavy atom. The number of urea groups is 1. The van der Waals surface area contributed by atoms with E-state index in [-0.39, 0.29) is 18.2 Å². The second-order valence-corrected chi connectivity index (χ2v) is 4.94. The third kappa shape index (κ3) is 3.60. The Balaban J connectivity index is 2.41. The van der Waals surface area contributed by atoms with E-state index < -0.39 is 11.9 Å². The molecule has 1 heterocycles. The van der Waals surface area contributed by atoms with Gasteiger partial charge in [-0.15, -0.1) is 0 Å². The average molecular weight is 258 g/mol. The van der Waals surface area contributed by atoms with Gasteiger partial charge in [-0.05, 0) is 19.8 Å². The number of hydrogen-bond acceptors (Lipinski definition) is 3. The van der Waals surface area contributed by atoms with E-state index in [2.05, 4.69) is 5.32 Å². The van der Waals surface area contributed by atoms with Crippen molar-refractivity contribution in [3.8, 4) is 0 Å². The van der Waals surface area contributed by atoms with Crippen molar-refractivity contribution in [3.05, 3.63) is 0 Å². The fourth-order valence-electron chi connectivity index (χ4n) is 1.86. The molecule has 2 atom stereocenters. The smallest absolute Gasteiger partial charge is 0.317 e. The highest BCUT2D eigenvalue weighted by Gasteiger charge is 2.31. The van der Waals surface area contributed by atoms with E-state index in [1.807, 2.05) is 13.8 Å². The third-order valence-electron chi connectivity index (χ3n) is 3.68. The van der Waals surface area contributed by atoms with Crippen molar-refractivity contribution in [2.24, 2.45) is 5.92 Å². The van der Waals surface area contributed by atoms with E-state index in [4.69, 9.17) is 9.84 Å². The van der Waals surface area contributed by atoms with Crippen molar-refractivity contribution in [2.75, 3.05) is 26.7 Å². The van der Waals surface area contributed by atoms with Crippen molar-refractivity contribution in [3.63, 3.8) is 0 Å². The van der Waals surface area contributed by atoms with Crippen LogP contribution in [0.4, 0.5) is 4.79 Å². The molecular formula is C12H22N2O4. The van der Waals surface area contributed by atoms with Gasteiger partial charge in [-0.25, -0.2) is 4.79 Å². The lowest BCUT2D eigenvalue weighted by Gasteiger charge is -2.28. The lowest BCUT2D eigenvalue weighted by molar-refractivity contribution is -0.141. The van der Waals surface area contributed by atoms with Crippen molar-refractivity contribution in [1.82, 2.24) is 10.2 Å². The van der Waals surface area contributed by atoms with Crippen LogP contribution in [-0.2, 0) is 9.53 Å². The Labute approximate surface area is 107 Å². The molecule has 104 valence electrons. The average Bonchev–Trinajstić information content (AvgIpc) is 2.85. The number of nitrogens with one attached hydrogen (secondary N) is 1. The van der Waals surface area contributed by atoms with Crippen LogP contribution in [0.1, 0.15) is 26.7 Å². The van der Waals surface area contributed by atoms with Crippen LogP contribution >= 0.6 is 0 Å². The first-order valence-corrected chi connectivity index (χ1v) is 6.22. The summed E-state index contributed by atoms with van der Waals surface area (Å²) in [5, 5.41) is 11.7. The number of carboxylic acid groups (broad SMARTS) is 1. The number of likely N-dealkylation sites (tertiary alicyclic amines) is 1. The van der Waals surface area contributed by atoms with Crippen LogP contribution in [0, 0.1) is 5.92 Å². The van der Waals surface area contributed by atoms with Gasteiger partial charge < -0.3 is 20.1 Å². The molecule has 1 fully saturated rings. The minimum Gasteiger partial charge on any atom is -0.481 e. The molecule has 0 aromatic rings. The first kappa shape index (κ1) is 14.8. The zero-order chi connectivity index (χ0) is 13.8. The normalized spacial score (nSPS) is 22.6. The van der Waals surface area contributed by atoms with Crippen LogP contribution in [0.5, 0.6) is 0 Å². The van der Waals surface area contributed by atoms with Gasteiger partial charge in [0.1, 0.15) is 0 Å². The lowest BCUT2D eigenvalue weighted by atomic mass is 10.0. The second kappa shape index (κ2) is 6.04. The van der Waals surface area contributed by atoms with E-state index in [0.29, 0.717) is 19.5 Å². The van der Waals surface area contributed by atoms with E-state index in [9.17, 15) is 9.59 Å². The van der Waals surface area contributed by atoms with Gasteiger partial charge in [0, 0.05) is 26.7 Å². The zero-order valence-corrected chi connectivity index (χ0v) is 11.2. The molecule has 0 aromatic heterocycles. The largest absolute Gasteiger partial charge is 0.481 e. The molecule has 1 aliphatic heterocycles. The number of rotatable bonds is 5. The van der Waals surface area contributed by atoms with Gasteiger partial charge in [0.25, 0.3) is 0 Å². The van der Waals surface area contributed by atoms with Gasteiger partial charge in [-0.2, -0.15) is 0 Å². The zero-order valence-electron chi connectivity index (χ0n) is 11.2. The van der Waals surface area contributed by atoms with Crippen LogP contribution in [0.25, 0.3) is 0 Å². The monoisotopic (exact) mass is 258 g/mol. The summed E-state index contributed by atoms with van der Waals surface area (Å²) in [5.41, 5.74) is -0.373. The number of carboxylic acids is 1. The van der Waals surface area contributed by atoms with Gasteiger partial charge in [0.05, 0.1) is 11.5 Å². The third-order valence-corrected chi connectivity index (χ3v) is 3.68. The van der Waals surface area contributed by atoms with Crippen molar-refractivity contribution < 1.29 is 19.4 Å². The summed E-state index contributed by atoms with van der Waals surface area (Å²) < 4.78 is 5.33. The molecule has 0 radical (unpaired) electrons. The molecule has 0 saturated carbocycles. The van der Waals surface area contributed by atoms with Crippen LogP contribution in [0.2, 0.25) is 0 Å². The first-order chi connectivity index (χ1) is 8.41. The van der Waals surface area contributed by atoms with E-state index >= 15 is 0 Å². The topological polar surface area (TPSA) is 78.9 Å². The van der Waals surface area contributed by atoms with Crippen LogP contribution in [0.3, 0.4) is 0 Å². The number of amides is 2. The fraction of sp³-hybridized carbons (Fsp3) is 0.833. The van der Waals surface area contributed by atoms with Crippen molar-refractivity contribution in [2.45, 2.75) is 32.3 Å². The molecule has 2 amide bonds. The number of nitrogens with zero attached hydrogens (tertiary/aromatic N) is 1. The van der Waals surface area contributed by atoms with Crippen molar-refractivity contribution >= 4 is 12.0 Å². The summed E-state index contributed by atoms with van der Waals surface area (Å²) in [6.45, 7) is 5.13. The quantitative estimate of drug-likeness (QED) is 0.768. The highest BCUT2D eigenvalue weighted by atomic mass is 16.5. The van der Waals surface area contributed by atoms with Gasteiger partial charge in [0.15, 0.2) is 0 Å². The summed E-state index contributed by atoms with van der Waals surface area (Å²) in [5.74, 6) is -1.27. The van der Waals surface area contributed by atoms with E-state index in [1.165, 1.54) is 0 Å². The number of carbonyl (C=O) groups excluding carboxylic acids is 1. The predicted octanol–water partition coefficient (Wildman–Crippen LogP) is 0.918. The Morgan fingerprint density at radius 3 is 2.67 bits per heavy atom. The molecule has 0 bridgehead atoms. The molecule has 0 spiro atoms. The Kier molecular flexibility index (Phi) is 4.95. The van der Waals surface area contributed by atoms with E-state index in [0.717, 1.165) is 6.42 Å². The van der Waals surface area contributed by atoms with Crippen LogP contribution in [-0.4, -0.2) is 54.4 Å². The van der Waals surface area contributed by atoms with Gasteiger partial charge >= 0.3 is 12.0 Å². The molecule has 6 heteroatoms. The Hall–Kier alpha value is -1.30. The molecule has 0 aromatic carbocycles. The minimum atomic E-state index is -0.833. The maximum Gasteiger partial charge on any atom is 0.317 e. The molecule has 1 saturated heterocycles. The lowest BCUT2D eigenvalue weighted by Crippen LogP contribution is -2.46. The summed E-state index contributed by atoms with van der Waals surface area (Å²) >= 11 is 0. The maximum absolute atomic E-state index is 11.9. The Morgan fingerprint density at radius 2 is 2.22 bits per heavy atom. The standard InChI is InChI=1S/C12H22N2O4/c1-4-12(2,18-3)8-13-11(17)14-6-5-9(7-14)10(15)16/h9H,4-8H2,1-3H3,(H,13,17)(H,15,16). The van der Waals surface area contributed by atoms with Crippen LogP contribution < -0.4 is 5.32 Å². The molecular weight excluding hydrogens is 236 g/mol. The molecule has 1 rings (SSSR count). The SMILES string of the molecule is CCC(C)(CNC(=O)N1CCC(C(=O)O)C1)OC. The molecule has 2 N–H and O–H groups in total. The highest BCUT2D eigenvalue weighted by Crippen LogP contribution is 2.17. The molecule has 2 unspecified atom stereocenters. The number of methoxy groups -OCH3 is 1. The first-order valence-electron chi connectivity index (χ1n) is 6.22. The van der Waals surface area contributed by atoms with Gasteiger partial charge in [-0.3, -0.25) is 4.79 Å². The van der Waals surface area contributed by atoms with Gasteiger partial charge in [0.2, 0.25) is 0 Å². The second-order valence-electron chi connectivity index (χ2n) is 4.94. The minimum absolute atomic E-state index is 0.213. The Bertz CT molecular complexity index is 315. The number of aliphatic carboxylic acids is 1. The summed E-state index contributed by atoms with van der Waals surface area (Å²) in [6.07, 6.45) is 1.32. The molecule has 0 aliphatic carbocycles. The number of carbonyl (C=O) groups is 2. The van der Waals surface area contributed by atoms with Crippen molar-refractivity contribution in [1.29, 1.82) is 0 Å².